The highest BCUT2D eigenvalue weighted by Crippen LogP contribution is 2.15. The van der Waals surface area contributed by atoms with Crippen LogP contribution in [0.3, 0.4) is 0 Å². The number of carbonyl (C=O) groups is 2. The standard InChI is InChI=1S/C14H19N3O3S.ClH/c18-10-8-11(15-9-10)13(19)16-3-5-17(6-4-16)14(20)12-2-1-7-21-12;/h1-2,7,10-11,15,18H,3-6,8-9H2;1H. The van der Waals surface area contributed by atoms with Crippen molar-refractivity contribution >= 4 is 35.6 Å². The molecule has 0 bridgehead atoms. The van der Waals surface area contributed by atoms with Gasteiger partial charge in [-0.3, -0.25) is 9.59 Å². The molecule has 2 unspecified atom stereocenters. The van der Waals surface area contributed by atoms with Crippen LogP contribution in [0, 0.1) is 0 Å². The Morgan fingerprint density at radius 1 is 1.23 bits per heavy atom. The molecule has 0 saturated carbocycles. The van der Waals surface area contributed by atoms with Gasteiger partial charge in [-0.1, -0.05) is 6.07 Å². The van der Waals surface area contributed by atoms with E-state index in [1.165, 1.54) is 11.3 Å². The van der Waals surface area contributed by atoms with Crippen LogP contribution in [0.25, 0.3) is 0 Å². The van der Waals surface area contributed by atoms with E-state index in [9.17, 15) is 14.7 Å². The number of hydrogen-bond donors (Lipinski definition) is 2. The van der Waals surface area contributed by atoms with Gasteiger partial charge in [-0.15, -0.1) is 23.7 Å². The molecule has 2 aliphatic heterocycles. The third-order valence-electron chi connectivity index (χ3n) is 4.02. The molecule has 0 aromatic carbocycles. The van der Waals surface area contributed by atoms with Crippen LogP contribution in [-0.4, -0.2) is 71.6 Å². The average molecular weight is 346 g/mol. The second-order valence-corrected chi connectivity index (χ2v) is 6.39. The van der Waals surface area contributed by atoms with Gasteiger partial charge in [-0.25, -0.2) is 0 Å². The van der Waals surface area contributed by atoms with E-state index in [2.05, 4.69) is 5.32 Å². The predicted octanol–water partition coefficient (Wildman–Crippen LogP) is 0.177. The highest BCUT2D eigenvalue weighted by atomic mass is 35.5. The summed E-state index contributed by atoms with van der Waals surface area (Å²) in [6.07, 6.45) is 0.0494. The summed E-state index contributed by atoms with van der Waals surface area (Å²) >= 11 is 1.44. The fraction of sp³-hybridized carbons (Fsp3) is 0.571. The average Bonchev–Trinajstić information content (AvgIpc) is 3.17. The highest BCUT2D eigenvalue weighted by Gasteiger charge is 2.33. The van der Waals surface area contributed by atoms with Crippen LogP contribution < -0.4 is 5.32 Å². The molecule has 2 saturated heterocycles. The minimum atomic E-state index is -0.430. The molecule has 22 heavy (non-hydrogen) atoms. The maximum Gasteiger partial charge on any atom is 0.264 e. The van der Waals surface area contributed by atoms with Crippen LogP contribution in [0.1, 0.15) is 16.1 Å². The van der Waals surface area contributed by atoms with Crippen molar-refractivity contribution in [2.24, 2.45) is 0 Å². The zero-order valence-electron chi connectivity index (χ0n) is 12.1. The summed E-state index contributed by atoms with van der Waals surface area (Å²) in [5.41, 5.74) is 0. The number of amides is 2. The molecule has 2 fully saturated rings. The van der Waals surface area contributed by atoms with Crippen LogP contribution in [-0.2, 0) is 4.79 Å². The molecule has 8 heteroatoms. The Labute approximate surface area is 139 Å². The summed E-state index contributed by atoms with van der Waals surface area (Å²) in [7, 11) is 0. The number of halogens is 1. The van der Waals surface area contributed by atoms with Gasteiger partial charge in [0.05, 0.1) is 17.0 Å². The summed E-state index contributed by atoms with van der Waals surface area (Å²) in [6, 6.07) is 3.42. The molecule has 1 aromatic rings. The molecular weight excluding hydrogens is 326 g/mol. The lowest BCUT2D eigenvalue weighted by Crippen LogP contribution is -2.54. The Bertz CT molecular complexity index is 517. The van der Waals surface area contributed by atoms with Crippen LogP contribution in [0.2, 0.25) is 0 Å². The van der Waals surface area contributed by atoms with Gasteiger partial charge in [-0.2, -0.15) is 0 Å². The third-order valence-corrected chi connectivity index (χ3v) is 4.87. The third kappa shape index (κ3) is 3.60. The summed E-state index contributed by atoms with van der Waals surface area (Å²) in [5, 5.41) is 14.4. The zero-order valence-corrected chi connectivity index (χ0v) is 13.7. The summed E-state index contributed by atoms with van der Waals surface area (Å²) in [4.78, 5) is 28.9. The minimum Gasteiger partial charge on any atom is -0.392 e. The van der Waals surface area contributed by atoms with E-state index in [0.717, 1.165) is 4.88 Å². The molecule has 2 aliphatic rings. The number of nitrogens with zero attached hydrogens (tertiary/aromatic N) is 2. The summed E-state index contributed by atoms with van der Waals surface area (Å²) in [6.45, 7) is 2.73. The van der Waals surface area contributed by atoms with Crippen LogP contribution >= 0.6 is 23.7 Å². The molecule has 0 aliphatic carbocycles. The first-order valence-electron chi connectivity index (χ1n) is 7.18. The predicted molar refractivity (Wildman–Crippen MR) is 86.5 cm³/mol. The molecule has 0 spiro atoms. The van der Waals surface area contributed by atoms with Gasteiger partial charge in [0.2, 0.25) is 5.91 Å². The van der Waals surface area contributed by atoms with E-state index in [-0.39, 0.29) is 30.3 Å². The molecular formula is C14H20ClN3O3S. The number of aliphatic hydroxyl groups excluding tert-OH is 1. The maximum atomic E-state index is 12.3. The maximum absolute atomic E-state index is 12.3. The first-order valence-corrected chi connectivity index (χ1v) is 8.06. The number of nitrogens with one attached hydrogen (secondary N) is 1. The summed E-state index contributed by atoms with van der Waals surface area (Å²) in [5.74, 6) is 0.0845. The number of rotatable bonds is 2. The zero-order chi connectivity index (χ0) is 14.8. The topological polar surface area (TPSA) is 72.9 Å². The molecule has 2 N–H and O–H groups in total. The van der Waals surface area contributed by atoms with E-state index in [1.54, 1.807) is 9.80 Å². The van der Waals surface area contributed by atoms with Crippen molar-refractivity contribution < 1.29 is 14.7 Å². The molecule has 1 aromatic heterocycles. The van der Waals surface area contributed by atoms with E-state index >= 15 is 0 Å². The Morgan fingerprint density at radius 3 is 2.45 bits per heavy atom. The number of piperazine rings is 1. The van der Waals surface area contributed by atoms with Gasteiger partial charge in [0.25, 0.3) is 5.91 Å². The minimum absolute atomic E-state index is 0. The first-order chi connectivity index (χ1) is 10.1. The Hall–Kier alpha value is -1.15. The quantitative estimate of drug-likeness (QED) is 0.802. The number of carbonyl (C=O) groups excluding carboxylic acids is 2. The second-order valence-electron chi connectivity index (χ2n) is 5.45. The normalized spacial score (nSPS) is 25.0. The van der Waals surface area contributed by atoms with Gasteiger partial charge in [0.1, 0.15) is 0 Å². The number of thiophene rings is 1. The van der Waals surface area contributed by atoms with Gasteiger partial charge in [0, 0.05) is 32.7 Å². The van der Waals surface area contributed by atoms with E-state index < -0.39 is 6.10 Å². The Morgan fingerprint density at radius 2 is 1.91 bits per heavy atom. The second kappa shape index (κ2) is 7.41. The SMILES string of the molecule is Cl.O=C(c1cccs1)N1CCN(C(=O)C2CC(O)CN2)CC1. The lowest BCUT2D eigenvalue weighted by molar-refractivity contribution is -0.134. The van der Waals surface area contributed by atoms with Crippen molar-refractivity contribution in [3.63, 3.8) is 0 Å². The fourth-order valence-electron chi connectivity index (χ4n) is 2.81. The van der Waals surface area contributed by atoms with Gasteiger partial charge in [-0.05, 0) is 17.9 Å². The van der Waals surface area contributed by atoms with Crippen LogP contribution in [0.5, 0.6) is 0 Å². The number of hydrogen-bond acceptors (Lipinski definition) is 5. The van der Waals surface area contributed by atoms with E-state index in [1.807, 2.05) is 17.5 Å². The van der Waals surface area contributed by atoms with Gasteiger partial charge >= 0.3 is 0 Å². The van der Waals surface area contributed by atoms with Crippen molar-refractivity contribution in [3.05, 3.63) is 22.4 Å². The van der Waals surface area contributed by atoms with E-state index in [0.29, 0.717) is 39.1 Å². The van der Waals surface area contributed by atoms with Crippen molar-refractivity contribution in [1.29, 1.82) is 0 Å². The van der Waals surface area contributed by atoms with Crippen LogP contribution in [0.15, 0.2) is 17.5 Å². The molecule has 3 heterocycles. The molecule has 2 atom stereocenters. The largest absolute Gasteiger partial charge is 0.392 e. The van der Waals surface area contributed by atoms with Crippen molar-refractivity contribution in [1.82, 2.24) is 15.1 Å². The van der Waals surface area contributed by atoms with Crippen molar-refractivity contribution in [2.75, 3.05) is 32.7 Å². The molecule has 0 radical (unpaired) electrons. The number of aliphatic hydroxyl groups is 1. The first kappa shape index (κ1) is 17.2. The summed E-state index contributed by atoms with van der Waals surface area (Å²) < 4.78 is 0. The highest BCUT2D eigenvalue weighted by molar-refractivity contribution is 7.12. The number of β-amino-alcohol motifs (C(OH)–C–C–N with tert-alkyl or cyclic N) is 1. The van der Waals surface area contributed by atoms with Gasteiger partial charge < -0.3 is 20.2 Å². The Balaban J connectivity index is 0.00000176. The molecule has 6 nitrogen and oxygen atoms in total. The Kier molecular flexibility index (Phi) is 5.80. The molecule has 122 valence electrons. The smallest absolute Gasteiger partial charge is 0.264 e. The fourth-order valence-corrected chi connectivity index (χ4v) is 3.50. The lowest BCUT2D eigenvalue weighted by atomic mass is 10.1. The van der Waals surface area contributed by atoms with Crippen LogP contribution in [0.4, 0.5) is 0 Å². The molecule has 2 amide bonds. The van der Waals surface area contributed by atoms with E-state index in [4.69, 9.17) is 0 Å². The van der Waals surface area contributed by atoms with Crippen molar-refractivity contribution in [2.45, 2.75) is 18.6 Å². The monoisotopic (exact) mass is 345 g/mol. The molecule has 3 rings (SSSR count). The van der Waals surface area contributed by atoms with Crippen molar-refractivity contribution in [3.8, 4) is 0 Å². The lowest BCUT2D eigenvalue weighted by Gasteiger charge is -2.35. The van der Waals surface area contributed by atoms with Gasteiger partial charge in [0.15, 0.2) is 0 Å².